The Hall–Kier alpha value is -2.83. The first-order chi connectivity index (χ1) is 14.6. The van der Waals surface area contributed by atoms with E-state index in [9.17, 15) is 4.79 Å². The van der Waals surface area contributed by atoms with Gasteiger partial charge in [-0.3, -0.25) is 9.69 Å². The third kappa shape index (κ3) is 4.20. The normalized spacial score (nSPS) is 15.8. The number of rotatable bonds is 6. The maximum Gasteiger partial charge on any atom is 0.251 e. The third-order valence-electron chi connectivity index (χ3n) is 6.01. The molecule has 1 atom stereocenters. The molecule has 1 amide bonds. The molecule has 1 saturated heterocycles. The molecule has 0 spiro atoms. The molecule has 0 radical (unpaired) electrons. The van der Waals surface area contributed by atoms with Gasteiger partial charge in [-0.1, -0.05) is 12.1 Å². The van der Waals surface area contributed by atoms with Crippen molar-refractivity contribution >= 4 is 16.8 Å². The second-order valence-corrected chi connectivity index (χ2v) is 7.78. The van der Waals surface area contributed by atoms with Crippen molar-refractivity contribution in [1.29, 1.82) is 0 Å². The number of ether oxygens (including phenoxy) is 2. The highest BCUT2D eigenvalue weighted by atomic mass is 16.5. The van der Waals surface area contributed by atoms with E-state index in [1.807, 2.05) is 30.3 Å². The van der Waals surface area contributed by atoms with Crippen molar-refractivity contribution < 1.29 is 14.3 Å². The van der Waals surface area contributed by atoms with Crippen LogP contribution in [0, 0.1) is 13.8 Å². The molecule has 6 nitrogen and oxygen atoms in total. The average molecular weight is 408 g/mol. The topological polar surface area (TPSA) is 66.6 Å². The molecule has 1 aliphatic rings. The number of benzene rings is 2. The van der Waals surface area contributed by atoms with Gasteiger partial charge >= 0.3 is 0 Å². The van der Waals surface area contributed by atoms with Crippen molar-refractivity contribution in [3.8, 4) is 5.75 Å². The summed E-state index contributed by atoms with van der Waals surface area (Å²) in [7, 11) is 1.67. The number of aryl methyl sites for hydroxylation is 2. The highest BCUT2D eigenvalue weighted by molar-refractivity contribution is 5.99. The van der Waals surface area contributed by atoms with Gasteiger partial charge in [0.2, 0.25) is 0 Å². The highest BCUT2D eigenvalue weighted by Gasteiger charge is 2.23. The summed E-state index contributed by atoms with van der Waals surface area (Å²) in [6, 6.07) is 14.0. The zero-order chi connectivity index (χ0) is 21.1. The van der Waals surface area contributed by atoms with Crippen molar-refractivity contribution in [2.45, 2.75) is 19.9 Å². The van der Waals surface area contributed by atoms with Gasteiger partial charge in [-0.05, 0) is 55.3 Å². The highest BCUT2D eigenvalue weighted by Crippen LogP contribution is 2.25. The van der Waals surface area contributed by atoms with E-state index in [1.54, 1.807) is 7.11 Å². The number of carbonyl (C=O) groups excluding carboxylic acids is 1. The number of aromatic amines is 1. The Balaban J connectivity index is 1.52. The summed E-state index contributed by atoms with van der Waals surface area (Å²) in [6.07, 6.45) is 0. The van der Waals surface area contributed by atoms with Gasteiger partial charge in [0.25, 0.3) is 5.91 Å². The first-order valence-electron chi connectivity index (χ1n) is 10.4. The molecule has 0 bridgehead atoms. The molecule has 30 heavy (non-hydrogen) atoms. The molecular weight excluding hydrogens is 378 g/mol. The molecular formula is C24H29N3O3. The van der Waals surface area contributed by atoms with Crippen molar-refractivity contribution in [3.63, 3.8) is 0 Å². The zero-order valence-corrected chi connectivity index (χ0v) is 17.8. The largest absolute Gasteiger partial charge is 0.497 e. The summed E-state index contributed by atoms with van der Waals surface area (Å²) in [5.41, 5.74) is 5.22. The minimum atomic E-state index is -0.0538. The molecule has 2 N–H and O–H groups in total. The summed E-state index contributed by atoms with van der Waals surface area (Å²) in [4.78, 5) is 18.7. The van der Waals surface area contributed by atoms with E-state index in [2.05, 4.69) is 41.2 Å². The molecule has 2 aromatic carbocycles. The Bertz CT molecular complexity index is 1020. The number of hydrogen-bond donors (Lipinski definition) is 2. The summed E-state index contributed by atoms with van der Waals surface area (Å²) >= 11 is 0. The summed E-state index contributed by atoms with van der Waals surface area (Å²) < 4.78 is 10.8. The summed E-state index contributed by atoms with van der Waals surface area (Å²) in [6.45, 7) is 7.78. The number of fused-ring (bicyclic) bond motifs is 1. The number of nitrogens with one attached hydrogen (secondary N) is 2. The van der Waals surface area contributed by atoms with Gasteiger partial charge in [0, 0.05) is 41.8 Å². The molecule has 0 aliphatic carbocycles. The van der Waals surface area contributed by atoms with Crippen molar-refractivity contribution in [2.75, 3.05) is 40.0 Å². The minimum Gasteiger partial charge on any atom is -0.497 e. The van der Waals surface area contributed by atoms with Gasteiger partial charge in [0.15, 0.2) is 0 Å². The Morgan fingerprint density at radius 2 is 1.90 bits per heavy atom. The van der Waals surface area contributed by atoms with E-state index >= 15 is 0 Å². The number of hydrogen-bond acceptors (Lipinski definition) is 4. The van der Waals surface area contributed by atoms with Crippen LogP contribution in [0.2, 0.25) is 0 Å². The molecule has 1 aromatic heterocycles. The van der Waals surface area contributed by atoms with Crippen LogP contribution in [0.3, 0.4) is 0 Å². The lowest BCUT2D eigenvalue weighted by Crippen LogP contribution is -2.43. The van der Waals surface area contributed by atoms with Crippen LogP contribution in [0.5, 0.6) is 5.75 Å². The van der Waals surface area contributed by atoms with E-state index in [1.165, 1.54) is 5.56 Å². The predicted octanol–water partition coefficient (Wildman–Crippen LogP) is 3.60. The standard InChI is InChI=1S/C24H29N3O3/c1-16-17(2)26-22-9-6-19(14-21(16)22)24(28)25-15-23(27-10-12-30-13-11-27)18-4-7-20(29-3)8-5-18/h4-9,14,23,26H,10-13,15H2,1-3H3,(H,25,28)/t23-/m1/s1. The Kier molecular flexibility index (Phi) is 6.06. The van der Waals surface area contributed by atoms with Crippen molar-refractivity contribution in [1.82, 2.24) is 15.2 Å². The number of methoxy groups -OCH3 is 1. The van der Waals surface area contributed by atoms with Gasteiger partial charge in [-0.15, -0.1) is 0 Å². The number of H-pyrrole nitrogens is 1. The van der Waals surface area contributed by atoms with Gasteiger partial charge in [-0.2, -0.15) is 0 Å². The number of amides is 1. The molecule has 3 aromatic rings. The fourth-order valence-electron chi connectivity index (χ4n) is 4.07. The van der Waals surface area contributed by atoms with E-state index in [0.717, 1.165) is 41.0 Å². The second kappa shape index (κ2) is 8.90. The monoisotopic (exact) mass is 407 g/mol. The number of aromatic nitrogens is 1. The second-order valence-electron chi connectivity index (χ2n) is 7.78. The zero-order valence-electron chi connectivity index (χ0n) is 17.8. The van der Waals surface area contributed by atoms with Crippen LogP contribution in [0.15, 0.2) is 42.5 Å². The molecule has 0 saturated carbocycles. The van der Waals surface area contributed by atoms with Crippen LogP contribution in [-0.4, -0.2) is 55.7 Å². The lowest BCUT2D eigenvalue weighted by molar-refractivity contribution is 0.0162. The average Bonchev–Trinajstić information content (AvgIpc) is 3.08. The van der Waals surface area contributed by atoms with Crippen molar-refractivity contribution in [2.24, 2.45) is 0 Å². The molecule has 1 fully saturated rings. The quantitative estimate of drug-likeness (QED) is 0.655. The lowest BCUT2D eigenvalue weighted by Gasteiger charge is -2.35. The minimum absolute atomic E-state index is 0.0538. The third-order valence-corrected chi connectivity index (χ3v) is 6.01. The number of morpholine rings is 1. The maximum atomic E-state index is 12.9. The van der Waals surface area contributed by atoms with E-state index in [-0.39, 0.29) is 11.9 Å². The van der Waals surface area contributed by atoms with Crippen LogP contribution >= 0.6 is 0 Å². The molecule has 4 rings (SSSR count). The number of nitrogens with zero attached hydrogens (tertiary/aromatic N) is 1. The van der Waals surface area contributed by atoms with Crippen LogP contribution in [0.4, 0.5) is 0 Å². The molecule has 158 valence electrons. The molecule has 2 heterocycles. The first-order valence-corrected chi connectivity index (χ1v) is 10.4. The van der Waals surface area contributed by atoms with Gasteiger partial charge in [-0.25, -0.2) is 0 Å². The van der Waals surface area contributed by atoms with Crippen LogP contribution < -0.4 is 10.1 Å². The van der Waals surface area contributed by atoms with Gasteiger partial charge in [0.05, 0.1) is 26.4 Å². The van der Waals surface area contributed by atoms with Crippen LogP contribution in [-0.2, 0) is 4.74 Å². The Morgan fingerprint density at radius 1 is 1.17 bits per heavy atom. The van der Waals surface area contributed by atoms with E-state index in [4.69, 9.17) is 9.47 Å². The summed E-state index contributed by atoms with van der Waals surface area (Å²) in [5, 5.41) is 4.25. The van der Waals surface area contributed by atoms with Gasteiger partial charge in [0.1, 0.15) is 5.75 Å². The molecule has 0 unspecified atom stereocenters. The first kappa shape index (κ1) is 20.4. The molecule has 1 aliphatic heterocycles. The number of carbonyl (C=O) groups is 1. The van der Waals surface area contributed by atoms with E-state index in [0.29, 0.717) is 25.3 Å². The van der Waals surface area contributed by atoms with Crippen LogP contribution in [0.1, 0.15) is 33.2 Å². The van der Waals surface area contributed by atoms with Crippen molar-refractivity contribution in [3.05, 3.63) is 64.8 Å². The Labute approximate surface area is 177 Å². The SMILES string of the molecule is COc1ccc([C@@H](CNC(=O)c2ccc3[nH]c(C)c(C)c3c2)N2CCOCC2)cc1. The smallest absolute Gasteiger partial charge is 0.251 e. The maximum absolute atomic E-state index is 12.9. The predicted molar refractivity (Wildman–Crippen MR) is 118 cm³/mol. The summed E-state index contributed by atoms with van der Waals surface area (Å²) in [5.74, 6) is 0.774. The fraction of sp³-hybridized carbons (Fsp3) is 0.375. The molecule has 6 heteroatoms. The van der Waals surface area contributed by atoms with Crippen LogP contribution in [0.25, 0.3) is 10.9 Å². The fourth-order valence-corrected chi connectivity index (χ4v) is 4.07. The lowest BCUT2D eigenvalue weighted by atomic mass is 10.0. The Morgan fingerprint density at radius 3 is 2.60 bits per heavy atom. The van der Waals surface area contributed by atoms with E-state index < -0.39 is 0 Å². The van der Waals surface area contributed by atoms with Gasteiger partial charge < -0.3 is 19.8 Å².